The van der Waals surface area contributed by atoms with E-state index in [1.165, 1.54) is 6.07 Å². The SMILES string of the molecule is Cc1cc(C#N)ccc1-c1ccccc1F. The molecule has 0 fully saturated rings. The molecule has 0 aromatic heterocycles. The molecule has 1 nitrogen and oxygen atoms in total. The summed E-state index contributed by atoms with van der Waals surface area (Å²) in [5, 5.41) is 8.75. The molecule has 2 rings (SSSR count). The molecule has 0 bridgehead atoms. The number of aryl methyl sites for hydroxylation is 1. The molecule has 0 saturated heterocycles. The van der Waals surface area contributed by atoms with Gasteiger partial charge in [-0.15, -0.1) is 0 Å². The van der Waals surface area contributed by atoms with Gasteiger partial charge in [-0.2, -0.15) is 5.26 Å². The molecule has 0 heterocycles. The van der Waals surface area contributed by atoms with Gasteiger partial charge in [-0.3, -0.25) is 0 Å². The molecule has 2 aromatic carbocycles. The lowest BCUT2D eigenvalue weighted by Gasteiger charge is -2.07. The van der Waals surface area contributed by atoms with Crippen LogP contribution in [0.1, 0.15) is 11.1 Å². The molecule has 78 valence electrons. The van der Waals surface area contributed by atoms with Gasteiger partial charge in [-0.25, -0.2) is 4.39 Å². The van der Waals surface area contributed by atoms with Crippen molar-refractivity contribution < 1.29 is 4.39 Å². The fourth-order valence-electron chi connectivity index (χ4n) is 1.72. The molecule has 0 amide bonds. The van der Waals surface area contributed by atoms with E-state index in [9.17, 15) is 4.39 Å². The average Bonchev–Trinajstić information content (AvgIpc) is 2.30. The van der Waals surface area contributed by atoms with Crippen molar-refractivity contribution in [1.82, 2.24) is 0 Å². The van der Waals surface area contributed by atoms with Crippen LogP contribution in [0.4, 0.5) is 4.39 Å². The second kappa shape index (κ2) is 4.16. The van der Waals surface area contributed by atoms with Gasteiger partial charge in [0.25, 0.3) is 0 Å². The number of nitrogens with zero attached hydrogens (tertiary/aromatic N) is 1. The Morgan fingerprint density at radius 3 is 2.44 bits per heavy atom. The fourth-order valence-corrected chi connectivity index (χ4v) is 1.72. The first kappa shape index (κ1) is 10.4. The minimum absolute atomic E-state index is 0.240. The minimum atomic E-state index is -0.240. The topological polar surface area (TPSA) is 23.8 Å². The third-order valence-electron chi connectivity index (χ3n) is 2.52. The highest BCUT2D eigenvalue weighted by Crippen LogP contribution is 2.26. The maximum absolute atomic E-state index is 13.6. The van der Waals surface area contributed by atoms with Crippen molar-refractivity contribution in [2.24, 2.45) is 0 Å². The van der Waals surface area contributed by atoms with Gasteiger partial charge in [0.1, 0.15) is 5.82 Å². The van der Waals surface area contributed by atoms with E-state index in [4.69, 9.17) is 5.26 Å². The van der Waals surface area contributed by atoms with E-state index in [-0.39, 0.29) is 5.82 Å². The molecule has 0 radical (unpaired) electrons. The second-order valence-corrected chi connectivity index (χ2v) is 3.62. The molecule has 16 heavy (non-hydrogen) atoms. The van der Waals surface area contributed by atoms with Gasteiger partial charge in [0.05, 0.1) is 11.6 Å². The van der Waals surface area contributed by atoms with E-state index in [2.05, 4.69) is 6.07 Å². The number of nitriles is 1. The maximum Gasteiger partial charge on any atom is 0.131 e. The zero-order valence-electron chi connectivity index (χ0n) is 8.87. The van der Waals surface area contributed by atoms with E-state index in [1.807, 2.05) is 6.92 Å². The quantitative estimate of drug-likeness (QED) is 0.706. The number of hydrogen-bond acceptors (Lipinski definition) is 1. The molecule has 0 N–H and O–H groups in total. The van der Waals surface area contributed by atoms with Gasteiger partial charge in [0, 0.05) is 5.56 Å². The van der Waals surface area contributed by atoms with Gasteiger partial charge in [0.2, 0.25) is 0 Å². The minimum Gasteiger partial charge on any atom is -0.206 e. The molecule has 0 aliphatic heterocycles. The zero-order valence-corrected chi connectivity index (χ0v) is 8.87. The lowest BCUT2D eigenvalue weighted by molar-refractivity contribution is 0.631. The molecular weight excluding hydrogens is 201 g/mol. The van der Waals surface area contributed by atoms with Crippen LogP contribution in [0.5, 0.6) is 0 Å². The van der Waals surface area contributed by atoms with E-state index >= 15 is 0 Å². The lowest BCUT2D eigenvalue weighted by atomic mass is 9.98. The Balaban J connectivity index is 2.58. The summed E-state index contributed by atoms with van der Waals surface area (Å²) in [7, 11) is 0. The first-order valence-electron chi connectivity index (χ1n) is 4.98. The van der Waals surface area contributed by atoms with Gasteiger partial charge in [-0.1, -0.05) is 24.3 Å². The third-order valence-corrected chi connectivity index (χ3v) is 2.52. The van der Waals surface area contributed by atoms with Crippen LogP contribution in [0.3, 0.4) is 0 Å². The monoisotopic (exact) mass is 211 g/mol. The van der Waals surface area contributed by atoms with Gasteiger partial charge >= 0.3 is 0 Å². The molecule has 0 saturated carbocycles. The summed E-state index contributed by atoms with van der Waals surface area (Å²) in [6.07, 6.45) is 0. The van der Waals surface area contributed by atoms with Crippen molar-refractivity contribution in [3.05, 3.63) is 59.4 Å². The summed E-state index contributed by atoms with van der Waals surface area (Å²) in [5.41, 5.74) is 2.91. The normalized spacial score (nSPS) is 9.81. The molecule has 0 atom stereocenters. The van der Waals surface area contributed by atoms with Crippen LogP contribution >= 0.6 is 0 Å². The van der Waals surface area contributed by atoms with Crippen LogP contribution in [0.2, 0.25) is 0 Å². The van der Waals surface area contributed by atoms with E-state index in [0.717, 1.165) is 11.1 Å². The summed E-state index contributed by atoms with van der Waals surface area (Å²) in [5.74, 6) is -0.240. The Hall–Kier alpha value is -2.14. The zero-order chi connectivity index (χ0) is 11.5. The lowest BCUT2D eigenvalue weighted by Crippen LogP contribution is -1.88. The summed E-state index contributed by atoms with van der Waals surface area (Å²) in [6.45, 7) is 1.88. The van der Waals surface area contributed by atoms with E-state index < -0.39 is 0 Å². The van der Waals surface area contributed by atoms with Crippen molar-refractivity contribution >= 4 is 0 Å². The summed E-state index contributed by atoms with van der Waals surface area (Å²) in [6, 6.07) is 14.0. The Morgan fingerprint density at radius 1 is 1.06 bits per heavy atom. The first-order valence-corrected chi connectivity index (χ1v) is 4.98. The van der Waals surface area contributed by atoms with Crippen molar-refractivity contribution in [3.63, 3.8) is 0 Å². The first-order chi connectivity index (χ1) is 7.72. The molecule has 0 unspecified atom stereocenters. The summed E-state index contributed by atoms with van der Waals surface area (Å²) >= 11 is 0. The van der Waals surface area contributed by atoms with Gasteiger partial charge < -0.3 is 0 Å². The predicted octanol–water partition coefficient (Wildman–Crippen LogP) is 3.67. The Bertz CT molecular complexity index is 567. The Labute approximate surface area is 93.8 Å². The summed E-state index contributed by atoms with van der Waals surface area (Å²) < 4.78 is 13.6. The van der Waals surface area contributed by atoms with E-state index in [0.29, 0.717) is 11.1 Å². The average molecular weight is 211 g/mol. The Kier molecular flexibility index (Phi) is 2.70. The smallest absolute Gasteiger partial charge is 0.131 e. The van der Waals surface area contributed by atoms with Crippen molar-refractivity contribution in [2.45, 2.75) is 6.92 Å². The van der Waals surface area contributed by atoms with Crippen molar-refractivity contribution in [2.75, 3.05) is 0 Å². The van der Waals surface area contributed by atoms with Crippen LogP contribution in [-0.4, -0.2) is 0 Å². The second-order valence-electron chi connectivity index (χ2n) is 3.62. The fraction of sp³-hybridized carbons (Fsp3) is 0.0714. The molecule has 0 spiro atoms. The molecular formula is C14H10FN. The van der Waals surface area contributed by atoms with Crippen LogP contribution in [0, 0.1) is 24.1 Å². The molecule has 0 aliphatic carbocycles. The Morgan fingerprint density at radius 2 is 1.81 bits per heavy atom. The van der Waals surface area contributed by atoms with Gasteiger partial charge in [-0.05, 0) is 36.2 Å². The standard InChI is InChI=1S/C14H10FN/c1-10-8-11(9-16)6-7-12(10)13-4-2-3-5-14(13)15/h2-8H,1H3. The largest absolute Gasteiger partial charge is 0.206 e. The van der Waals surface area contributed by atoms with Crippen molar-refractivity contribution in [3.8, 4) is 17.2 Å². The van der Waals surface area contributed by atoms with Crippen LogP contribution in [0.15, 0.2) is 42.5 Å². The molecule has 0 aliphatic rings. The number of halogens is 1. The molecule has 2 aromatic rings. The number of benzene rings is 2. The highest BCUT2D eigenvalue weighted by Gasteiger charge is 2.06. The van der Waals surface area contributed by atoms with E-state index in [1.54, 1.807) is 36.4 Å². The van der Waals surface area contributed by atoms with Crippen LogP contribution < -0.4 is 0 Å². The van der Waals surface area contributed by atoms with Crippen molar-refractivity contribution in [1.29, 1.82) is 5.26 Å². The predicted molar refractivity (Wildman–Crippen MR) is 61.3 cm³/mol. The van der Waals surface area contributed by atoms with Gasteiger partial charge in [0.15, 0.2) is 0 Å². The number of hydrogen-bond donors (Lipinski definition) is 0. The van der Waals surface area contributed by atoms with Crippen LogP contribution in [0.25, 0.3) is 11.1 Å². The maximum atomic E-state index is 13.6. The molecule has 2 heteroatoms. The number of rotatable bonds is 1. The van der Waals surface area contributed by atoms with Crippen LogP contribution in [-0.2, 0) is 0 Å². The highest BCUT2D eigenvalue weighted by molar-refractivity contribution is 5.68. The highest BCUT2D eigenvalue weighted by atomic mass is 19.1. The summed E-state index contributed by atoms with van der Waals surface area (Å²) in [4.78, 5) is 0. The third kappa shape index (κ3) is 1.80.